The number of nitrogens with zero attached hydrogens (tertiary/aromatic N) is 1. The van der Waals surface area contributed by atoms with Gasteiger partial charge in [-0.1, -0.05) is 63.1 Å². The van der Waals surface area contributed by atoms with Crippen LogP contribution in [0.5, 0.6) is 0 Å². The van der Waals surface area contributed by atoms with Crippen molar-refractivity contribution in [3.63, 3.8) is 0 Å². The number of hydrogen-bond acceptors (Lipinski definition) is 3. The SMILES string of the molecule is CCCc1c(C(=O)CC(C)C)c2ccc(C(=O)OC)cc2n1Cc1ccccc1Cl. The fourth-order valence-electron chi connectivity index (χ4n) is 3.91. The molecule has 0 fully saturated rings. The first-order valence-electron chi connectivity index (χ1n) is 10.4. The lowest BCUT2D eigenvalue weighted by Gasteiger charge is -2.13. The minimum Gasteiger partial charge on any atom is -0.465 e. The van der Waals surface area contributed by atoms with Crippen molar-refractivity contribution in [1.82, 2.24) is 4.57 Å². The molecule has 3 aromatic rings. The highest BCUT2D eigenvalue weighted by Crippen LogP contribution is 2.32. The van der Waals surface area contributed by atoms with E-state index in [1.54, 1.807) is 6.07 Å². The molecule has 2 aromatic carbocycles. The summed E-state index contributed by atoms with van der Waals surface area (Å²) in [5, 5.41) is 1.56. The summed E-state index contributed by atoms with van der Waals surface area (Å²) >= 11 is 6.44. The molecule has 0 bridgehead atoms. The van der Waals surface area contributed by atoms with Crippen LogP contribution in [-0.4, -0.2) is 23.4 Å². The van der Waals surface area contributed by atoms with E-state index >= 15 is 0 Å². The van der Waals surface area contributed by atoms with Crippen molar-refractivity contribution >= 4 is 34.3 Å². The van der Waals surface area contributed by atoms with Gasteiger partial charge in [0.05, 0.1) is 18.2 Å². The van der Waals surface area contributed by atoms with E-state index in [-0.39, 0.29) is 11.7 Å². The average molecular weight is 426 g/mol. The molecule has 0 aliphatic heterocycles. The molecule has 1 heterocycles. The quantitative estimate of drug-likeness (QED) is 0.314. The molecule has 1 aromatic heterocycles. The maximum absolute atomic E-state index is 13.2. The Bertz CT molecular complexity index is 1080. The maximum Gasteiger partial charge on any atom is 0.337 e. The first-order chi connectivity index (χ1) is 14.4. The van der Waals surface area contributed by atoms with Crippen LogP contribution in [0.2, 0.25) is 5.02 Å². The van der Waals surface area contributed by atoms with Gasteiger partial charge in [-0.05, 0) is 36.1 Å². The van der Waals surface area contributed by atoms with E-state index in [1.165, 1.54) is 7.11 Å². The lowest BCUT2D eigenvalue weighted by atomic mass is 9.97. The summed E-state index contributed by atoms with van der Waals surface area (Å²) in [6.07, 6.45) is 2.16. The number of esters is 1. The van der Waals surface area contributed by atoms with Crippen molar-refractivity contribution in [2.75, 3.05) is 7.11 Å². The van der Waals surface area contributed by atoms with Crippen molar-refractivity contribution in [3.05, 3.63) is 69.9 Å². The highest BCUT2D eigenvalue weighted by atomic mass is 35.5. The van der Waals surface area contributed by atoms with Gasteiger partial charge in [-0.3, -0.25) is 4.79 Å². The van der Waals surface area contributed by atoms with Crippen LogP contribution < -0.4 is 0 Å². The minimum absolute atomic E-state index is 0.141. The summed E-state index contributed by atoms with van der Waals surface area (Å²) in [7, 11) is 1.37. The summed E-state index contributed by atoms with van der Waals surface area (Å²) in [5.74, 6) is 0.0138. The number of carbonyl (C=O) groups excluding carboxylic acids is 2. The lowest BCUT2D eigenvalue weighted by molar-refractivity contribution is 0.0600. The van der Waals surface area contributed by atoms with Crippen LogP contribution in [0.3, 0.4) is 0 Å². The monoisotopic (exact) mass is 425 g/mol. The molecule has 30 heavy (non-hydrogen) atoms. The van der Waals surface area contributed by atoms with Gasteiger partial charge < -0.3 is 9.30 Å². The predicted octanol–water partition coefficient (Wildman–Crippen LogP) is 6.31. The van der Waals surface area contributed by atoms with Gasteiger partial charge >= 0.3 is 5.97 Å². The van der Waals surface area contributed by atoms with Crippen LogP contribution in [0.25, 0.3) is 10.9 Å². The molecule has 0 aliphatic carbocycles. The number of fused-ring (bicyclic) bond motifs is 1. The Hall–Kier alpha value is -2.59. The third kappa shape index (κ3) is 4.44. The van der Waals surface area contributed by atoms with Crippen LogP contribution in [0, 0.1) is 5.92 Å². The van der Waals surface area contributed by atoms with Gasteiger partial charge in [0.2, 0.25) is 0 Å². The summed E-state index contributed by atoms with van der Waals surface area (Å²) in [6, 6.07) is 13.1. The molecule has 4 nitrogen and oxygen atoms in total. The van der Waals surface area contributed by atoms with Gasteiger partial charge in [-0.25, -0.2) is 4.79 Å². The molecule has 0 spiro atoms. The van der Waals surface area contributed by atoms with Gasteiger partial charge in [0.1, 0.15) is 0 Å². The Morgan fingerprint density at radius 2 is 1.87 bits per heavy atom. The summed E-state index contributed by atoms with van der Waals surface area (Å²) in [4.78, 5) is 25.4. The zero-order valence-corrected chi connectivity index (χ0v) is 18.8. The van der Waals surface area contributed by atoms with E-state index in [0.29, 0.717) is 23.6 Å². The largest absolute Gasteiger partial charge is 0.465 e. The molecule has 0 N–H and O–H groups in total. The Morgan fingerprint density at radius 3 is 2.50 bits per heavy atom. The van der Waals surface area contributed by atoms with Gasteiger partial charge in [0.15, 0.2) is 5.78 Å². The van der Waals surface area contributed by atoms with Crippen molar-refractivity contribution in [2.24, 2.45) is 5.92 Å². The number of ether oxygens (including phenoxy) is 1. The van der Waals surface area contributed by atoms with Crippen LogP contribution in [0.15, 0.2) is 42.5 Å². The summed E-state index contributed by atoms with van der Waals surface area (Å²) < 4.78 is 7.05. The van der Waals surface area contributed by atoms with Crippen molar-refractivity contribution < 1.29 is 14.3 Å². The Kier molecular flexibility index (Phi) is 6.99. The van der Waals surface area contributed by atoms with Crippen LogP contribution in [0.4, 0.5) is 0 Å². The smallest absolute Gasteiger partial charge is 0.337 e. The summed E-state index contributed by atoms with van der Waals surface area (Å²) in [6.45, 7) is 6.74. The molecule has 0 unspecified atom stereocenters. The molecule has 3 rings (SSSR count). The van der Waals surface area contributed by atoms with Gasteiger partial charge in [0, 0.05) is 34.6 Å². The maximum atomic E-state index is 13.2. The van der Waals surface area contributed by atoms with E-state index in [9.17, 15) is 9.59 Å². The molecular formula is C25H28ClNO3. The zero-order valence-electron chi connectivity index (χ0n) is 18.0. The normalized spacial score (nSPS) is 11.3. The Labute approximate surface area is 182 Å². The van der Waals surface area contributed by atoms with Crippen LogP contribution in [-0.2, 0) is 17.7 Å². The number of hydrogen-bond donors (Lipinski definition) is 0. The molecule has 0 atom stereocenters. The highest BCUT2D eigenvalue weighted by Gasteiger charge is 2.24. The Morgan fingerprint density at radius 1 is 1.13 bits per heavy atom. The Balaban J connectivity index is 2.28. The second-order valence-corrected chi connectivity index (χ2v) is 8.40. The van der Waals surface area contributed by atoms with E-state index in [1.807, 2.05) is 36.4 Å². The van der Waals surface area contributed by atoms with Crippen LogP contribution in [0.1, 0.15) is 65.6 Å². The third-order valence-corrected chi connectivity index (χ3v) is 5.61. The number of Topliss-reactive ketones (excluding diaryl/α,β-unsaturated/α-hetero) is 1. The number of benzene rings is 2. The fourth-order valence-corrected chi connectivity index (χ4v) is 4.10. The van der Waals surface area contributed by atoms with Crippen molar-refractivity contribution in [1.29, 1.82) is 0 Å². The molecule has 0 saturated heterocycles. The number of methoxy groups -OCH3 is 1. The standard InChI is InChI=1S/C25H28ClNO3/c1-5-8-21-24(23(28)13-16(2)3)19-12-11-17(25(29)30-4)14-22(19)27(21)15-18-9-6-7-10-20(18)26/h6-7,9-12,14,16H,5,8,13,15H2,1-4H3. The predicted molar refractivity (Wildman–Crippen MR) is 122 cm³/mol. The second-order valence-electron chi connectivity index (χ2n) is 7.99. The number of halogens is 1. The van der Waals surface area contributed by atoms with E-state index in [4.69, 9.17) is 16.3 Å². The average Bonchev–Trinajstić information content (AvgIpc) is 3.01. The molecule has 0 aliphatic rings. The first kappa shape index (κ1) is 22.1. The van der Waals surface area contributed by atoms with Gasteiger partial charge in [-0.15, -0.1) is 0 Å². The van der Waals surface area contributed by atoms with E-state index < -0.39 is 5.97 Å². The third-order valence-electron chi connectivity index (χ3n) is 5.24. The molecule has 158 valence electrons. The second kappa shape index (κ2) is 9.48. The molecule has 0 saturated carbocycles. The minimum atomic E-state index is -0.394. The number of ketones is 1. The topological polar surface area (TPSA) is 48.3 Å². The lowest BCUT2D eigenvalue weighted by Crippen LogP contribution is -2.10. The zero-order chi connectivity index (χ0) is 21.8. The molecule has 0 amide bonds. The summed E-state index contributed by atoms with van der Waals surface area (Å²) in [5.41, 5.74) is 4.06. The number of rotatable bonds is 8. The first-order valence-corrected chi connectivity index (χ1v) is 10.7. The van der Waals surface area contributed by atoms with E-state index in [0.717, 1.165) is 40.6 Å². The van der Waals surface area contributed by atoms with Gasteiger partial charge in [-0.2, -0.15) is 0 Å². The molecule has 0 radical (unpaired) electrons. The molecular weight excluding hydrogens is 398 g/mol. The van der Waals surface area contributed by atoms with Crippen LogP contribution >= 0.6 is 11.6 Å². The van der Waals surface area contributed by atoms with Crippen molar-refractivity contribution in [2.45, 2.75) is 46.6 Å². The highest BCUT2D eigenvalue weighted by molar-refractivity contribution is 6.31. The number of carbonyl (C=O) groups is 2. The van der Waals surface area contributed by atoms with Crippen molar-refractivity contribution in [3.8, 4) is 0 Å². The molecule has 5 heteroatoms. The number of aromatic nitrogens is 1. The van der Waals surface area contributed by atoms with E-state index in [2.05, 4.69) is 25.3 Å². The van der Waals surface area contributed by atoms with Gasteiger partial charge in [0.25, 0.3) is 0 Å². The fraction of sp³-hybridized carbons (Fsp3) is 0.360.